The van der Waals surface area contributed by atoms with Crippen LogP contribution in [0.4, 0.5) is 0 Å². The van der Waals surface area contributed by atoms with Crippen LogP contribution in [0.3, 0.4) is 0 Å². The molecule has 122 valence electrons. The molecule has 22 heavy (non-hydrogen) atoms. The maximum Gasteiger partial charge on any atom is 0.242 e. The van der Waals surface area contributed by atoms with Crippen molar-refractivity contribution in [3.63, 3.8) is 0 Å². The number of nitrogens with one attached hydrogen (secondary N) is 1. The number of hydrogen-bond donors (Lipinski definition) is 2. The van der Waals surface area contributed by atoms with Crippen LogP contribution < -0.4 is 15.8 Å². The van der Waals surface area contributed by atoms with E-state index in [9.17, 15) is 9.59 Å². The number of rotatable bonds is 5. The number of methoxy groups -OCH3 is 1. The van der Waals surface area contributed by atoms with Crippen LogP contribution in [0.15, 0.2) is 24.3 Å². The molecule has 2 rings (SSSR count). The van der Waals surface area contributed by atoms with Crippen LogP contribution in [0.1, 0.15) is 24.4 Å². The van der Waals surface area contributed by atoms with Gasteiger partial charge in [0, 0.05) is 12.1 Å². The second-order valence-electron chi connectivity index (χ2n) is 4.97. The second-order valence-corrected chi connectivity index (χ2v) is 4.97. The van der Waals surface area contributed by atoms with Gasteiger partial charge < -0.3 is 20.7 Å². The number of halogens is 1. The molecule has 0 spiro atoms. The van der Waals surface area contributed by atoms with Gasteiger partial charge in [-0.15, -0.1) is 12.4 Å². The average molecular weight is 328 g/mol. The first-order chi connectivity index (χ1) is 10.2. The lowest BCUT2D eigenvalue weighted by molar-refractivity contribution is -0.133. The summed E-state index contributed by atoms with van der Waals surface area (Å²) in [6.45, 7) is 0.574. The molecule has 1 aromatic carbocycles. The Morgan fingerprint density at radius 1 is 1.41 bits per heavy atom. The molecule has 7 heteroatoms. The number of nitrogens with zero attached hydrogens (tertiary/aromatic N) is 1. The standard InChI is InChI=1S/C15H21N3O3.ClH/c1-21-13-7-3-2-5-11(13)12-6-4-8-18(12)15(20)10-17-14(19)9-16;/h2-3,5,7,12H,4,6,8-10,16H2,1H3,(H,17,19);1H. The summed E-state index contributed by atoms with van der Waals surface area (Å²) in [5, 5.41) is 2.52. The normalized spacial score (nSPS) is 16.8. The van der Waals surface area contributed by atoms with Gasteiger partial charge in [0.25, 0.3) is 0 Å². The fourth-order valence-electron chi connectivity index (χ4n) is 2.68. The molecule has 0 radical (unpaired) electrons. The Morgan fingerprint density at radius 2 is 2.14 bits per heavy atom. The lowest BCUT2D eigenvalue weighted by Crippen LogP contribution is -2.41. The van der Waals surface area contributed by atoms with E-state index >= 15 is 0 Å². The molecule has 2 amide bonds. The maximum absolute atomic E-state index is 12.3. The van der Waals surface area contributed by atoms with E-state index in [1.807, 2.05) is 24.3 Å². The molecule has 0 aromatic heterocycles. The van der Waals surface area contributed by atoms with Crippen molar-refractivity contribution in [3.8, 4) is 5.75 Å². The van der Waals surface area contributed by atoms with Crippen LogP contribution in [0.5, 0.6) is 5.75 Å². The Morgan fingerprint density at radius 3 is 2.82 bits per heavy atom. The Balaban J connectivity index is 0.00000242. The Kier molecular flexibility index (Phi) is 7.14. The van der Waals surface area contributed by atoms with Gasteiger partial charge in [-0.2, -0.15) is 0 Å². The molecule has 3 N–H and O–H groups in total. The molecule has 1 aliphatic heterocycles. The van der Waals surface area contributed by atoms with Gasteiger partial charge in [-0.25, -0.2) is 0 Å². The predicted octanol–water partition coefficient (Wildman–Crippen LogP) is 0.855. The zero-order valence-corrected chi connectivity index (χ0v) is 13.4. The van der Waals surface area contributed by atoms with Crippen LogP contribution in [-0.4, -0.2) is 43.5 Å². The zero-order valence-electron chi connectivity index (χ0n) is 12.6. The summed E-state index contributed by atoms with van der Waals surface area (Å²) in [7, 11) is 1.63. The van der Waals surface area contributed by atoms with Crippen molar-refractivity contribution in [1.29, 1.82) is 0 Å². The molecule has 0 saturated carbocycles. The van der Waals surface area contributed by atoms with E-state index in [2.05, 4.69) is 5.32 Å². The summed E-state index contributed by atoms with van der Waals surface area (Å²) in [5.74, 6) is 0.370. The van der Waals surface area contributed by atoms with Crippen molar-refractivity contribution in [1.82, 2.24) is 10.2 Å². The fourth-order valence-corrected chi connectivity index (χ4v) is 2.68. The number of benzene rings is 1. The smallest absolute Gasteiger partial charge is 0.242 e. The zero-order chi connectivity index (χ0) is 15.2. The molecule has 1 fully saturated rings. The Bertz CT molecular complexity index is 525. The number of ether oxygens (including phenoxy) is 1. The molecule has 0 bridgehead atoms. The first-order valence-corrected chi connectivity index (χ1v) is 7.06. The van der Waals surface area contributed by atoms with E-state index in [-0.39, 0.29) is 43.4 Å². The monoisotopic (exact) mass is 327 g/mol. The van der Waals surface area contributed by atoms with Crippen LogP contribution in [0, 0.1) is 0 Å². The second kappa shape index (κ2) is 8.60. The maximum atomic E-state index is 12.3. The summed E-state index contributed by atoms with van der Waals surface area (Å²) < 4.78 is 5.38. The topological polar surface area (TPSA) is 84.7 Å². The fraction of sp³-hybridized carbons (Fsp3) is 0.467. The van der Waals surface area contributed by atoms with Gasteiger partial charge in [0.2, 0.25) is 11.8 Å². The van der Waals surface area contributed by atoms with Crippen molar-refractivity contribution in [2.45, 2.75) is 18.9 Å². The highest BCUT2D eigenvalue weighted by molar-refractivity contribution is 5.86. The summed E-state index contributed by atoms with van der Waals surface area (Å²) >= 11 is 0. The lowest BCUT2D eigenvalue weighted by Gasteiger charge is -2.26. The highest BCUT2D eigenvalue weighted by Gasteiger charge is 2.31. The lowest BCUT2D eigenvalue weighted by atomic mass is 10.0. The highest BCUT2D eigenvalue weighted by Crippen LogP contribution is 2.36. The highest BCUT2D eigenvalue weighted by atomic mass is 35.5. The SMILES string of the molecule is COc1ccccc1C1CCCN1C(=O)CNC(=O)CN.Cl. The molecule has 6 nitrogen and oxygen atoms in total. The number of likely N-dealkylation sites (tertiary alicyclic amines) is 1. The number of carbonyl (C=O) groups is 2. The number of nitrogens with two attached hydrogens (primary N) is 1. The summed E-state index contributed by atoms with van der Waals surface area (Å²) in [5.41, 5.74) is 6.22. The molecule has 1 aliphatic rings. The van der Waals surface area contributed by atoms with Crippen LogP contribution in [-0.2, 0) is 9.59 Å². The summed E-state index contributed by atoms with van der Waals surface area (Å²) in [6, 6.07) is 7.73. The van der Waals surface area contributed by atoms with Crippen molar-refractivity contribution in [2.24, 2.45) is 5.73 Å². The van der Waals surface area contributed by atoms with Crippen LogP contribution in [0.2, 0.25) is 0 Å². The Hall–Kier alpha value is -1.79. The minimum atomic E-state index is -0.323. The van der Waals surface area contributed by atoms with Crippen molar-refractivity contribution in [3.05, 3.63) is 29.8 Å². The van der Waals surface area contributed by atoms with Crippen molar-refractivity contribution >= 4 is 24.2 Å². The quantitative estimate of drug-likeness (QED) is 0.840. The molecule has 1 aromatic rings. The molecule has 1 atom stereocenters. The third kappa shape index (κ3) is 4.11. The van der Waals surface area contributed by atoms with Gasteiger partial charge in [0.1, 0.15) is 5.75 Å². The minimum Gasteiger partial charge on any atom is -0.496 e. The molecule has 1 heterocycles. The van der Waals surface area contributed by atoms with Crippen LogP contribution in [0.25, 0.3) is 0 Å². The van der Waals surface area contributed by atoms with Crippen molar-refractivity contribution in [2.75, 3.05) is 26.7 Å². The van der Waals surface area contributed by atoms with E-state index in [0.717, 1.165) is 24.2 Å². The van der Waals surface area contributed by atoms with E-state index < -0.39 is 0 Å². The number of hydrogen-bond acceptors (Lipinski definition) is 4. The average Bonchev–Trinajstić information content (AvgIpc) is 3.01. The largest absolute Gasteiger partial charge is 0.496 e. The van der Waals surface area contributed by atoms with Gasteiger partial charge in [0.05, 0.1) is 26.2 Å². The molecular formula is C15H22ClN3O3. The number of para-hydroxylation sites is 1. The van der Waals surface area contributed by atoms with E-state index in [4.69, 9.17) is 10.5 Å². The molecule has 1 saturated heterocycles. The third-order valence-electron chi connectivity index (χ3n) is 3.69. The number of amides is 2. The molecule has 0 aliphatic carbocycles. The van der Waals surface area contributed by atoms with Gasteiger partial charge in [-0.05, 0) is 18.9 Å². The minimum absolute atomic E-state index is 0. The van der Waals surface area contributed by atoms with Gasteiger partial charge >= 0.3 is 0 Å². The summed E-state index contributed by atoms with van der Waals surface area (Å²) in [6.07, 6.45) is 1.84. The third-order valence-corrected chi connectivity index (χ3v) is 3.69. The molecule has 1 unspecified atom stereocenters. The van der Waals surface area contributed by atoms with Crippen molar-refractivity contribution < 1.29 is 14.3 Å². The first kappa shape index (κ1) is 18.3. The van der Waals surface area contributed by atoms with E-state index in [1.165, 1.54) is 0 Å². The predicted molar refractivity (Wildman–Crippen MR) is 86.0 cm³/mol. The number of carbonyl (C=O) groups excluding carboxylic acids is 2. The van der Waals surface area contributed by atoms with Crippen LogP contribution >= 0.6 is 12.4 Å². The van der Waals surface area contributed by atoms with Gasteiger partial charge in [-0.3, -0.25) is 9.59 Å². The van der Waals surface area contributed by atoms with E-state index in [1.54, 1.807) is 12.0 Å². The Labute approximate surface area is 136 Å². The molecular weight excluding hydrogens is 306 g/mol. The first-order valence-electron chi connectivity index (χ1n) is 7.06. The van der Waals surface area contributed by atoms with E-state index in [0.29, 0.717) is 6.54 Å². The van der Waals surface area contributed by atoms with Gasteiger partial charge in [0.15, 0.2) is 0 Å². The van der Waals surface area contributed by atoms with Gasteiger partial charge in [-0.1, -0.05) is 18.2 Å². The summed E-state index contributed by atoms with van der Waals surface area (Å²) in [4.78, 5) is 25.2.